The third-order valence-electron chi connectivity index (χ3n) is 3.97. The van der Waals surface area contributed by atoms with Gasteiger partial charge in [-0.1, -0.05) is 18.7 Å². The largest absolute Gasteiger partial charge is 0.353 e. The summed E-state index contributed by atoms with van der Waals surface area (Å²) in [6.07, 6.45) is 3.24. The SMILES string of the molecule is CCCn1c(SCC(=O)NC2CC2)nnc1-c1csc(C)c1C. The Balaban J connectivity index is 1.77. The predicted octanol–water partition coefficient (Wildman–Crippen LogP) is 3.40. The molecule has 1 aliphatic rings. The number of amides is 1. The van der Waals surface area contributed by atoms with E-state index in [0.29, 0.717) is 11.8 Å². The van der Waals surface area contributed by atoms with Crippen LogP contribution in [0.1, 0.15) is 36.6 Å². The number of hydrogen-bond donors (Lipinski definition) is 1. The molecule has 1 amide bonds. The van der Waals surface area contributed by atoms with Crippen LogP contribution in [0.3, 0.4) is 0 Å². The molecule has 1 aliphatic carbocycles. The summed E-state index contributed by atoms with van der Waals surface area (Å²) in [6, 6.07) is 0.406. The second kappa shape index (κ2) is 7.05. The molecule has 0 bridgehead atoms. The van der Waals surface area contributed by atoms with Crippen LogP contribution in [0.25, 0.3) is 11.4 Å². The quantitative estimate of drug-likeness (QED) is 0.778. The van der Waals surface area contributed by atoms with Crippen molar-refractivity contribution in [1.29, 1.82) is 0 Å². The van der Waals surface area contributed by atoms with Crippen LogP contribution in [-0.4, -0.2) is 32.5 Å². The summed E-state index contributed by atoms with van der Waals surface area (Å²) < 4.78 is 2.14. The van der Waals surface area contributed by atoms with Crippen LogP contribution in [0.2, 0.25) is 0 Å². The highest BCUT2D eigenvalue weighted by atomic mass is 32.2. The minimum atomic E-state index is 0.0904. The van der Waals surface area contributed by atoms with E-state index >= 15 is 0 Å². The van der Waals surface area contributed by atoms with Crippen molar-refractivity contribution in [3.05, 3.63) is 15.8 Å². The maximum atomic E-state index is 11.9. The summed E-state index contributed by atoms with van der Waals surface area (Å²) >= 11 is 3.22. The maximum absolute atomic E-state index is 11.9. The van der Waals surface area contributed by atoms with Crippen molar-refractivity contribution in [1.82, 2.24) is 20.1 Å². The third-order valence-corrected chi connectivity index (χ3v) is 5.95. The first kappa shape index (κ1) is 16.5. The van der Waals surface area contributed by atoms with Crippen LogP contribution in [0.4, 0.5) is 0 Å². The number of aryl methyl sites for hydroxylation is 1. The molecule has 0 aromatic carbocycles. The van der Waals surface area contributed by atoms with Crippen molar-refractivity contribution in [3.63, 3.8) is 0 Å². The van der Waals surface area contributed by atoms with Crippen molar-refractivity contribution in [2.24, 2.45) is 0 Å². The molecule has 2 aromatic rings. The van der Waals surface area contributed by atoms with Crippen molar-refractivity contribution in [2.45, 2.75) is 57.8 Å². The molecule has 0 atom stereocenters. The number of nitrogens with zero attached hydrogens (tertiary/aromatic N) is 3. The van der Waals surface area contributed by atoms with Gasteiger partial charge in [0.25, 0.3) is 0 Å². The molecule has 0 saturated heterocycles. The molecule has 1 N–H and O–H groups in total. The summed E-state index contributed by atoms with van der Waals surface area (Å²) in [5.41, 5.74) is 2.42. The smallest absolute Gasteiger partial charge is 0.230 e. The van der Waals surface area contributed by atoms with Gasteiger partial charge in [0.2, 0.25) is 5.91 Å². The minimum Gasteiger partial charge on any atom is -0.353 e. The predicted molar refractivity (Wildman–Crippen MR) is 95.0 cm³/mol. The molecule has 7 heteroatoms. The van der Waals surface area contributed by atoms with Crippen LogP contribution in [0, 0.1) is 13.8 Å². The number of nitrogens with one attached hydrogen (secondary N) is 1. The lowest BCUT2D eigenvalue weighted by molar-refractivity contribution is -0.118. The maximum Gasteiger partial charge on any atom is 0.230 e. The topological polar surface area (TPSA) is 59.8 Å². The first-order valence-electron chi connectivity index (χ1n) is 8.00. The average Bonchev–Trinajstić information content (AvgIpc) is 3.17. The summed E-state index contributed by atoms with van der Waals surface area (Å²) in [5, 5.41) is 14.7. The monoisotopic (exact) mass is 350 g/mol. The van der Waals surface area contributed by atoms with Crippen LogP contribution >= 0.6 is 23.1 Å². The zero-order chi connectivity index (χ0) is 16.4. The van der Waals surface area contributed by atoms with Gasteiger partial charge in [-0.2, -0.15) is 0 Å². The molecule has 5 nitrogen and oxygen atoms in total. The number of carbonyl (C=O) groups is 1. The normalized spacial score (nSPS) is 14.2. The fourth-order valence-electron chi connectivity index (χ4n) is 2.38. The lowest BCUT2D eigenvalue weighted by atomic mass is 10.1. The number of aromatic nitrogens is 3. The number of thioether (sulfide) groups is 1. The second-order valence-electron chi connectivity index (χ2n) is 5.92. The van der Waals surface area contributed by atoms with Crippen LogP contribution in [0.5, 0.6) is 0 Å². The molecule has 124 valence electrons. The van der Waals surface area contributed by atoms with Crippen LogP contribution in [0.15, 0.2) is 10.5 Å². The zero-order valence-corrected chi connectivity index (χ0v) is 15.4. The lowest BCUT2D eigenvalue weighted by Crippen LogP contribution is -2.27. The average molecular weight is 351 g/mol. The van der Waals surface area contributed by atoms with Gasteiger partial charge in [0.15, 0.2) is 11.0 Å². The fourth-order valence-corrected chi connectivity index (χ4v) is 4.02. The van der Waals surface area contributed by atoms with E-state index in [-0.39, 0.29) is 5.91 Å². The Labute approximate surface area is 144 Å². The Bertz CT molecular complexity index is 703. The molecule has 1 saturated carbocycles. The minimum absolute atomic E-state index is 0.0904. The van der Waals surface area contributed by atoms with E-state index < -0.39 is 0 Å². The van der Waals surface area contributed by atoms with Gasteiger partial charge in [-0.25, -0.2) is 0 Å². The van der Waals surface area contributed by atoms with E-state index in [9.17, 15) is 4.79 Å². The van der Waals surface area contributed by atoms with E-state index in [1.54, 1.807) is 11.3 Å². The Hall–Kier alpha value is -1.34. The van der Waals surface area contributed by atoms with Gasteiger partial charge in [-0.3, -0.25) is 4.79 Å². The molecule has 0 aliphatic heterocycles. The molecule has 1 fully saturated rings. The van der Waals surface area contributed by atoms with Gasteiger partial charge in [-0.05, 0) is 38.7 Å². The Kier molecular flexibility index (Phi) is 5.06. The molecule has 2 heterocycles. The van der Waals surface area contributed by atoms with Crippen molar-refractivity contribution >= 4 is 29.0 Å². The molecule has 2 aromatic heterocycles. The first-order valence-corrected chi connectivity index (χ1v) is 9.87. The lowest BCUT2D eigenvalue weighted by Gasteiger charge is -2.09. The second-order valence-corrected chi connectivity index (χ2v) is 7.95. The van der Waals surface area contributed by atoms with Crippen molar-refractivity contribution in [3.8, 4) is 11.4 Å². The number of thiophene rings is 1. The molecular formula is C16H22N4OS2. The summed E-state index contributed by atoms with van der Waals surface area (Å²) in [6.45, 7) is 7.26. The third kappa shape index (κ3) is 3.77. The number of hydrogen-bond acceptors (Lipinski definition) is 5. The molecular weight excluding hydrogens is 328 g/mol. The summed E-state index contributed by atoms with van der Waals surface area (Å²) in [5.74, 6) is 1.41. The highest BCUT2D eigenvalue weighted by Gasteiger charge is 2.24. The standard InChI is InChI=1S/C16H22N4OS2/c1-4-7-20-15(13-8-22-11(3)10(13)2)18-19-16(20)23-9-14(21)17-12-5-6-12/h8,12H,4-7,9H2,1-3H3,(H,17,21). The molecule has 0 radical (unpaired) electrons. The van der Waals surface area contributed by atoms with Gasteiger partial charge in [0, 0.05) is 28.4 Å². The molecule has 23 heavy (non-hydrogen) atoms. The van der Waals surface area contributed by atoms with Gasteiger partial charge in [0.05, 0.1) is 5.75 Å². The number of carbonyl (C=O) groups excluding carboxylic acids is 1. The fraction of sp³-hybridized carbons (Fsp3) is 0.562. The Morgan fingerprint density at radius 2 is 2.22 bits per heavy atom. The van der Waals surface area contributed by atoms with E-state index in [4.69, 9.17) is 0 Å². The van der Waals surface area contributed by atoms with Gasteiger partial charge >= 0.3 is 0 Å². The van der Waals surface area contributed by atoms with Gasteiger partial charge in [0.1, 0.15) is 0 Å². The van der Waals surface area contributed by atoms with Crippen LogP contribution < -0.4 is 5.32 Å². The van der Waals surface area contributed by atoms with E-state index in [1.165, 1.54) is 22.2 Å². The van der Waals surface area contributed by atoms with Crippen molar-refractivity contribution < 1.29 is 4.79 Å². The van der Waals surface area contributed by atoms with Crippen LogP contribution in [-0.2, 0) is 11.3 Å². The van der Waals surface area contributed by atoms with E-state index in [1.807, 2.05) is 0 Å². The highest BCUT2D eigenvalue weighted by molar-refractivity contribution is 7.99. The molecule has 3 rings (SSSR count). The Morgan fingerprint density at radius 1 is 1.43 bits per heavy atom. The van der Waals surface area contributed by atoms with E-state index in [0.717, 1.165) is 42.4 Å². The zero-order valence-electron chi connectivity index (χ0n) is 13.8. The van der Waals surface area contributed by atoms with E-state index in [2.05, 4.69) is 46.2 Å². The highest BCUT2D eigenvalue weighted by Crippen LogP contribution is 2.31. The van der Waals surface area contributed by atoms with Gasteiger partial charge < -0.3 is 9.88 Å². The van der Waals surface area contributed by atoms with Crippen molar-refractivity contribution in [2.75, 3.05) is 5.75 Å². The molecule has 0 spiro atoms. The summed E-state index contributed by atoms with van der Waals surface area (Å²) in [7, 11) is 0. The Morgan fingerprint density at radius 3 is 2.83 bits per heavy atom. The van der Waals surface area contributed by atoms with Gasteiger partial charge in [-0.15, -0.1) is 21.5 Å². The number of rotatable bonds is 7. The first-order chi connectivity index (χ1) is 11.1. The molecule has 0 unspecified atom stereocenters. The summed E-state index contributed by atoms with van der Waals surface area (Å²) in [4.78, 5) is 13.2.